The van der Waals surface area contributed by atoms with Crippen LogP contribution in [0.1, 0.15) is 44.6 Å². The number of anilines is 3. The van der Waals surface area contributed by atoms with Crippen LogP contribution < -0.4 is 15.1 Å². The number of piperidine rings is 1. The SMILES string of the molecule is CCCNc1cc(N2CCC(CCC(=O)N3CCN(c4ccccc4C)CC3)CC2)ncn1. The van der Waals surface area contributed by atoms with Crippen molar-refractivity contribution in [3.63, 3.8) is 0 Å². The van der Waals surface area contributed by atoms with Crippen molar-refractivity contribution < 1.29 is 4.79 Å². The van der Waals surface area contributed by atoms with Gasteiger partial charge < -0.3 is 20.0 Å². The number of aryl methyl sites for hydroxylation is 1. The minimum absolute atomic E-state index is 0.323. The zero-order valence-electron chi connectivity index (χ0n) is 20.2. The maximum absolute atomic E-state index is 12.8. The summed E-state index contributed by atoms with van der Waals surface area (Å²) in [4.78, 5) is 28.4. The average molecular weight is 451 g/mol. The van der Waals surface area contributed by atoms with Crippen LogP contribution in [0.2, 0.25) is 0 Å². The second-order valence-electron chi connectivity index (χ2n) is 9.31. The van der Waals surface area contributed by atoms with Gasteiger partial charge in [-0.15, -0.1) is 0 Å². The molecule has 1 aromatic heterocycles. The van der Waals surface area contributed by atoms with Gasteiger partial charge in [-0.2, -0.15) is 0 Å². The molecule has 0 atom stereocenters. The lowest BCUT2D eigenvalue weighted by Gasteiger charge is -2.37. The molecule has 0 unspecified atom stereocenters. The topological polar surface area (TPSA) is 64.6 Å². The molecule has 0 saturated carbocycles. The maximum Gasteiger partial charge on any atom is 0.222 e. The van der Waals surface area contributed by atoms with Crippen molar-refractivity contribution in [2.24, 2.45) is 5.92 Å². The second-order valence-corrected chi connectivity index (χ2v) is 9.31. The minimum atomic E-state index is 0.323. The van der Waals surface area contributed by atoms with E-state index in [0.29, 0.717) is 18.2 Å². The molecular formula is C26H38N6O. The Morgan fingerprint density at radius 3 is 2.52 bits per heavy atom. The summed E-state index contributed by atoms with van der Waals surface area (Å²) in [7, 11) is 0. The number of para-hydroxylation sites is 1. The van der Waals surface area contributed by atoms with Crippen molar-refractivity contribution in [1.82, 2.24) is 14.9 Å². The fourth-order valence-corrected chi connectivity index (χ4v) is 4.92. The number of amides is 1. The van der Waals surface area contributed by atoms with Crippen LogP contribution in [0.5, 0.6) is 0 Å². The normalized spacial score (nSPS) is 17.3. The number of hydrogen-bond donors (Lipinski definition) is 1. The van der Waals surface area contributed by atoms with E-state index in [0.717, 1.165) is 83.1 Å². The lowest BCUT2D eigenvalue weighted by Crippen LogP contribution is -2.49. The first kappa shape index (κ1) is 23.3. The molecule has 0 spiro atoms. The molecule has 3 heterocycles. The standard InChI is InChI=1S/C26H38N6O/c1-3-12-27-24-19-25(29-20-28-24)31-13-10-22(11-14-31)8-9-26(33)32-17-15-30(16-18-32)23-7-5-4-6-21(23)2/h4-7,19-20,22H,3,8-18H2,1-2H3,(H,27,28,29). The molecule has 2 aromatic rings. The van der Waals surface area contributed by atoms with Gasteiger partial charge in [0.1, 0.15) is 18.0 Å². The van der Waals surface area contributed by atoms with E-state index in [-0.39, 0.29) is 0 Å². The van der Waals surface area contributed by atoms with E-state index in [1.54, 1.807) is 6.33 Å². The molecule has 1 N–H and O–H groups in total. The molecule has 7 nitrogen and oxygen atoms in total. The quantitative estimate of drug-likeness (QED) is 0.657. The van der Waals surface area contributed by atoms with Crippen LogP contribution in [0.4, 0.5) is 17.3 Å². The number of nitrogens with one attached hydrogen (secondary N) is 1. The van der Waals surface area contributed by atoms with Crippen LogP contribution in [0, 0.1) is 12.8 Å². The fourth-order valence-electron chi connectivity index (χ4n) is 4.92. The van der Waals surface area contributed by atoms with E-state index >= 15 is 0 Å². The predicted octanol–water partition coefficient (Wildman–Crippen LogP) is 3.95. The van der Waals surface area contributed by atoms with E-state index in [9.17, 15) is 4.79 Å². The van der Waals surface area contributed by atoms with Gasteiger partial charge in [0.2, 0.25) is 5.91 Å². The monoisotopic (exact) mass is 450 g/mol. The molecule has 4 rings (SSSR count). The van der Waals surface area contributed by atoms with Crippen molar-refractivity contribution >= 4 is 23.2 Å². The highest BCUT2D eigenvalue weighted by atomic mass is 16.2. The Balaban J connectivity index is 1.18. The number of piperazine rings is 1. The molecule has 2 aliphatic heterocycles. The third kappa shape index (κ3) is 6.15. The highest BCUT2D eigenvalue weighted by Gasteiger charge is 2.25. The summed E-state index contributed by atoms with van der Waals surface area (Å²) < 4.78 is 0. The molecule has 33 heavy (non-hydrogen) atoms. The smallest absolute Gasteiger partial charge is 0.222 e. The van der Waals surface area contributed by atoms with Gasteiger partial charge in [0.15, 0.2) is 0 Å². The predicted molar refractivity (Wildman–Crippen MR) is 135 cm³/mol. The van der Waals surface area contributed by atoms with Crippen LogP contribution in [-0.2, 0) is 4.79 Å². The molecule has 0 radical (unpaired) electrons. The van der Waals surface area contributed by atoms with Crippen molar-refractivity contribution in [2.45, 2.75) is 46.0 Å². The molecular weight excluding hydrogens is 412 g/mol. The minimum Gasteiger partial charge on any atom is -0.370 e. The Morgan fingerprint density at radius 1 is 1.03 bits per heavy atom. The molecule has 0 aliphatic carbocycles. The molecule has 2 fully saturated rings. The number of benzene rings is 1. The summed E-state index contributed by atoms with van der Waals surface area (Å²) in [6.07, 6.45) is 6.64. The van der Waals surface area contributed by atoms with Gasteiger partial charge in [-0.1, -0.05) is 25.1 Å². The Bertz CT molecular complexity index is 903. The lowest BCUT2D eigenvalue weighted by atomic mass is 9.92. The van der Waals surface area contributed by atoms with Gasteiger partial charge in [0.25, 0.3) is 0 Å². The van der Waals surface area contributed by atoms with Crippen molar-refractivity contribution in [3.8, 4) is 0 Å². The van der Waals surface area contributed by atoms with Crippen molar-refractivity contribution in [1.29, 1.82) is 0 Å². The number of hydrogen-bond acceptors (Lipinski definition) is 6. The Kier molecular flexibility index (Phi) is 8.02. The van der Waals surface area contributed by atoms with Gasteiger partial charge in [-0.25, -0.2) is 9.97 Å². The van der Waals surface area contributed by atoms with Gasteiger partial charge in [0, 0.05) is 64.0 Å². The van der Waals surface area contributed by atoms with Gasteiger partial charge >= 0.3 is 0 Å². The zero-order valence-corrected chi connectivity index (χ0v) is 20.2. The van der Waals surface area contributed by atoms with E-state index in [4.69, 9.17) is 0 Å². The van der Waals surface area contributed by atoms with Crippen LogP contribution in [0.3, 0.4) is 0 Å². The third-order valence-electron chi connectivity index (χ3n) is 7.00. The first-order valence-corrected chi connectivity index (χ1v) is 12.5. The summed E-state index contributed by atoms with van der Waals surface area (Å²) in [5.41, 5.74) is 2.60. The van der Waals surface area contributed by atoms with Gasteiger partial charge in [-0.3, -0.25) is 4.79 Å². The summed E-state index contributed by atoms with van der Waals surface area (Å²) in [5, 5.41) is 3.34. The molecule has 2 aliphatic rings. The molecule has 2 saturated heterocycles. The Morgan fingerprint density at radius 2 is 1.79 bits per heavy atom. The van der Waals surface area contributed by atoms with Crippen molar-refractivity contribution in [3.05, 3.63) is 42.2 Å². The van der Waals surface area contributed by atoms with Crippen LogP contribution in [0.15, 0.2) is 36.7 Å². The molecule has 1 aromatic carbocycles. The van der Waals surface area contributed by atoms with Crippen molar-refractivity contribution in [2.75, 3.05) is 60.9 Å². The zero-order chi connectivity index (χ0) is 23.0. The molecule has 0 bridgehead atoms. The number of nitrogens with zero attached hydrogens (tertiary/aromatic N) is 5. The van der Waals surface area contributed by atoms with Gasteiger partial charge in [-0.05, 0) is 50.2 Å². The summed E-state index contributed by atoms with van der Waals surface area (Å²) in [5.74, 6) is 2.85. The first-order valence-electron chi connectivity index (χ1n) is 12.5. The molecule has 178 valence electrons. The maximum atomic E-state index is 12.8. The van der Waals surface area contributed by atoms with E-state index < -0.39 is 0 Å². The Labute approximate surface area is 198 Å². The highest BCUT2D eigenvalue weighted by molar-refractivity contribution is 5.76. The molecule has 7 heteroatoms. The summed E-state index contributed by atoms with van der Waals surface area (Å²) in [6.45, 7) is 10.7. The average Bonchev–Trinajstić information content (AvgIpc) is 2.87. The number of carbonyl (C=O) groups excluding carboxylic acids is 1. The van der Waals surface area contributed by atoms with Crippen LogP contribution in [-0.4, -0.2) is 66.6 Å². The second kappa shape index (κ2) is 11.3. The summed E-state index contributed by atoms with van der Waals surface area (Å²) >= 11 is 0. The highest BCUT2D eigenvalue weighted by Crippen LogP contribution is 2.26. The van der Waals surface area contributed by atoms with Crippen LogP contribution in [0.25, 0.3) is 0 Å². The number of rotatable bonds is 8. The Hall–Kier alpha value is -2.83. The summed E-state index contributed by atoms with van der Waals surface area (Å²) in [6, 6.07) is 10.6. The van der Waals surface area contributed by atoms with E-state index in [1.165, 1.54) is 11.3 Å². The van der Waals surface area contributed by atoms with E-state index in [1.807, 2.05) is 0 Å². The lowest BCUT2D eigenvalue weighted by molar-refractivity contribution is -0.131. The largest absolute Gasteiger partial charge is 0.370 e. The number of carbonyl (C=O) groups is 1. The fraction of sp³-hybridized carbons (Fsp3) is 0.577. The van der Waals surface area contributed by atoms with Gasteiger partial charge in [0.05, 0.1) is 0 Å². The van der Waals surface area contributed by atoms with E-state index in [2.05, 4.69) is 74.2 Å². The first-order chi connectivity index (χ1) is 16.1. The number of aromatic nitrogens is 2. The third-order valence-corrected chi connectivity index (χ3v) is 7.00. The van der Waals surface area contributed by atoms with Crippen LogP contribution >= 0.6 is 0 Å². The molecule has 1 amide bonds.